The summed E-state index contributed by atoms with van der Waals surface area (Å²) in [5.41, 5.74) is 3.10. The summed E-state index contributed by atoms with van der Waals surface area (Å²) in [5.74, 6) is 2.51. The van der Waals surface area contributed by atoms with Crippen molar-refractivity contribution in [2.75, 3.05) is 26.2 Å². The monoisotopic (exact) mass is 352 g/mol. The van der Waals surface area contributed by atoms with Crippen LogP contribution in [0, 0.1) is 5.92 Å². The molecule has 1 saturated carbocycles. The van der Waals surface area contributed by atoms with E-state index in [-0.39, 0.29) is 0 Å². The highest BCUT2D eigenvalue weighted by Crippen LogP contribution is 2.31. The molecular weight excluding hydrogens is 324 g/mol. The van der Waals surface area contributed by atoms with Crippen LogP contribution in [0.1, 0.15) is 42.1 Å². The van der Waals surface area contributed by atoms with Crippen molar-refractivity contribution in [1.82, 2.24) is 19.9 Å². The molecule has 1 saturated heterocycles. The highest BCUT2D eigenvalue weighted by molar-refractivity contribution is 5.33. The summed E-state index contributed by atoms with van der Waals surface area (Å²) in [5, 5.41) is 4.16. The third kappa shape index (κ3) is 3.69. The predicted octanol–water partition coefficient (Wildman–Crippen LogP) is 2.70. The maximum absolute atomic E-state index is 5.49. The second-order valence-electron chi connectivity index (χ2n) is 8.25. The standard InChI is InChI=1S/C21H28N4O/c1-2-5-18-14-19(13-17(18)4-1)25-9-3-8-24(10-11-25)15-21-22-20(23-26-21)12-16-6-7-16/h1-2,4-5,16,19H,3,6-15H2. The van der Waals surface area contributed by atoms with E-state index >= 15 is 0 Å². The van der Waals surface area contributed by atoms with Gasteiger partial charge in [0.1, 0.15) is 0 Å². The predicted molar refractivity (Wildman–Crippen MR) is 99.8 cm³/mol. The van der Waals surface area contributed by atoms with E-state index in [2.05, 4.69) is 44.2 Å². The Hall–Kier alpha value is -1.72. The molecule has 2 aromatic rings. The Balaban J connectivity index is 1.15. The van der Waals surface area contributed by atoms with Crippen LogP contribution in [-0.2, 0) is 25.8 Å². The Kier molecular flexibility index (Phi) is 4.51. The topological polar surface area (TPSA) is 45.4 Å². The van der Waals surface area contributed by atoms with Crippen molar-refractivity contribution in [3.8, 4) is 0 Å². The van der Waals surface area contributed by atoms with Gasteiger partial charge in [-0.2, -0.15) is 4.98 Å². The Morgan fingerprint density at radius 2 is 1.81 bits per heavy atom. The number of hydrogen-bond donors (Lipinski definition) is 0. The third-order valence-corrected chi connectivity index (χ3v) is 6.21. The lowest BCUT2D eigenvalue weighted by atomic mass is 10.1. The number of aromatic nitrogens is 2. The Morgan fingerprint density at radius 1 is 1.00 bits per heavy atom. The second-order valence-corrected chi connectivity index (χ2v) is 8.25. The van der Waals surface area contributed by atoms with Gasteiger partial charge in [0, 0.05) is 25.6 Å². The van der Waals surface area contributed by atoms with Crippen molar-refractivity contribution >= 4 is 0 Å². The zero-order valence-electron chi connectivity index (χ0n) is 15.4. The molecule has 0 radical (unpaired) electrons. The van der Waals surface area contributed by atoms with Crippen LogP contribution in [-0.4, -0.2) is 52.2 Å². The molecule has 5 rings (SSSR count). The fourth-order valence-corrected chi connectivity index (χ4v) is 4.52. The van der Waals surface area contributed by atoms with Gasteiger partial charge >= 0.3 is 0 Å². The molecule has 2 heterocycles. The van der Waals surface area contributed by atoms with Crippen LogP contribution in [0.15, 0.2) is 28.8 Å². The Bertz CT molecular complexity index is 729. The van der Waals surface area contributed by atoms with E-state index in [1.165, 1.54) is 38.6 Å². The van der Waals surface area contributed by atoms with Gasteiger partial charge in [-0.1, -0.05) is 29.4 Å². The average Bonchev–Trinajstić information content (AvgIpc) is 3.26. The zero-order valence-corrected chi connectivity index (χ0v) is 15.4. The largest absolute Gasteiger partial charge is 0.338 e. The van der Waals surface area contributed by atoms with Crippen molar-refractivity contribution in [3.05, 3.63) is 47.1 Å². The number of fused-ring (bicyclic) bond motifs is 1. The summed E-state index contributed by atoms with van der Waals surface area (Å²) >= 11 is 0. The van der Waals surface area contributed by atoms with Crippen molar-refractivity contribution in [1.29, 1.82) is 0 Å². The van der Waals surface area contributed by atoms with E-state index in [0.717, 1.165) is 50.2 Å². The molecule has 1 aromatic carbocycles. The van der Waals surface area contributed by atoms with E-state index < -0.39 is 0 Å². The van der Waals surface area contributed by atoms with E-state index in [0.29, 0.717) is 6.04 Å². The molecular formula is C21H28N4O. The molecule has 0 amide bonds. The summed E-state index contributed by atoms with van der Waals surface area (Å²) in [7, 11) is 0. The molecule has 3 aliphatic rings. The van der Waals surface area contributed by atoms with Crippen molar-refractivity contribution in [2.45, 2.75) is 51.1 Å². The molecule has 5 heteroatoms. The van der Waals surface area contributed by atoms with Crippen LogP contribution < -0.4 is 0 Å². The van der Waals surface area contributed by atoms with E-state index in [4.69, 9.17) is 4.52 Å². The third-order valence-electron chi connectivity index (χ3n) is 6.21. The summed E-state index contributed by atoms with van der Waals surface area (Å²) < 4.78 is 5.49. The summed E-state index contributed by atoms with van der Waals surface area (Å²) in [6.07, 6.45) is 7.30. The number of hydrogen-bond acceptors (Lipinski definition) is 5. The quantitative estimate of drug-likeness (QED) is 0.828. The molecule has 1 aromatic heterocycles. The van der Waals surface area contributed by atoms with Gasteiger partial charge in [-0.05, 0) is 62.2 Å². The fourth-order valence-electron chi connectivity index (χ4n) is 4.52. The molecule has 138 valence electrons. The van der Waals surface area contributed by atoms with Gasteiger partial charge in [0.05, 0.1) is 6.54 Å². The molecule has 0 atom stereocenters. The Morgan fingerprint density at radius 3 is 2.58 bits per heavy atom. The van der Waals surface area contributed by atoms with Crippen LogP contribution in [0.3, 0.4) is 0 Å². The normalized spacial score (nSPS) is 22.5. The Labute approximate surface area is 155 Å². The first-order valence-electron chi connectivity index (χ1n) is 10.2. The van der Waals surface area contributed by atoms with Crippen molar-refractivity contribution in [2.24, 2.45) is 5.92 Å². The second kappa shape index (κ2) is 7.12. The van der Waals surface area contributed by atoms with Gasteiger partial charge in [-0.3, -0.25) is 9.80 Å². The zero-order chi connectivity index (χ0) is 17.3. The summed E-state index contributed by atoms with van der Waals surface area (Å²) in [6.45, 7) is 5.35. The first kappa shape index (κ1) is 16.5. The van der Waals surface area contributed by atoms with Gasteiger partial charge in [0.2, 0.25) is 5.89 Å². The lowest BCUT2D eigenvalue weighted by Crippen LogP contribution is -2.38. The molecule has 5 nitrogen and oxygen atoms in total. The van der Waals surface area contributed by atoms with Crippen LogP contribution >= 0.6 is 0 Å². The van der Waals surface area contributed by atoms with Crippen molar-refractivity contribution in [3.63, 3.8) is 0 Å². The number of rotatable bonds is 5. The maximum Gasteiger partial charge on any atom is 0.240 e. The van der Waals surface area contributed by atoms with Gasteiger partial charge < -0.3 is 4.52 Å². The van der Waals surface area contributed by atoms with Crippen LogP contribution in [0.25, 0.3) is 0 Å². The molecule has 0 bridgehead atoms. The number of nitrogens with zero attached hydrogens (tertiary/aromatic N) is 4. The first-order valence-corrected chi connectivity index (χ1v) is 10.2. The minimum absolute atomic E-state index is 0.681. The van der Waals surface area contributed by atoms with Gasteiger partial charge in [0.15, 0.2) is 5.82 Å². The van der Waals surface area contributed by atoms with Crippen LogP contribution in [0.4, 0.5) is 0 Å². The highest BCUT2D eigenvalue weighted by atomic mass is 16.5. The molecule has 0 N–H and O–H groups in total. The molecule has 2 aliphatic carbocycles. The van der Waals surface area contributed by atoms with Gasteiger partial charge in [-0.15, -0.1) is 0 Å². The number of benzene rings is 1. The minimum Gasteiger partial charge on any atom is -0.338 e. The summed E-state index contributed by atoms with van der Waals surface area (Å²) in [6, 6.07) is 9.63. The lowest BCUT2D eigenvalue weighted by Gasteiger charge is -2.27. The van der Waals surface area contributed by atoms with Crippen LogP contribution in [0.2, 0.25) is 0 Å². The van der Waals surface area contributed by atoms with E-state index in [1.54, 1.807) is 11.1 Å². The molecule has 0 unspecified atom stereocenters. The average molecular weight is 352 g/mol. The maximum atomic E-state index is 5.49. The minimum atomic E-state index is 0.681. The molecule has 1 aliphatic heterocycles. The van der Waals surface area contributed by atoms with E-state index in [9.17, 15) is 0 Å². The highest BCUT2D eigenvalue weighted by Gasteiger charge is 2.28. The lowest BCUT2D eigenvalue weighted by molar-refractivity contribution is 0.193. The summed E-state index contributed by atoms with van der Waals surface area (Å²) in [4.78, 5) is 9.79. The van der Waals surface area contributed by atoms with Gasteiger partial charge in [-0.25, -0.2) is 0 Å². The SMILES string of the molecule is c1ccc2c(c1)CC(N1CCCN(Cc3nc(CC4CC4)no3)CC1)C2. The van der Waals surface area contributed by atoms with Crippen molar-refractivity contribution < 1.29 is 4.52 Å². The van der Waals surface area contributed by atoms with Crippen LogP contribution in [0.5, 0.6) is 0 Å². The van der Waals surface area contributed by atoms with Gasteiger partial charge in [0.25, 0.3) is 0 Å². The molecule has 26 heavy (non-hydrogen) atoms. The smallest absolute Gasteiger partial charge is 0.240 e. The fraction of sp³-hybridized carbons (Fsp3) is 0.619. The first-order chi connectivity index (χ1) is 12.8. The molecule has 2 fully saturated rings. The van der Waals surface area contributed by atoms with E-state index in [1.807, 2.05) is 0 Å². The molecule has 0 spiro atoms.